The van der Waals surface area contributed by atoms with Gasteiger partial charge in [0.05, 0.1) is 17.0 Å². The second kappa shape index (κ2) is 8.69. The summed E-state index contributed by atoms with van der Waals surface area (Å²) in [5.74, 6) is 0.145. The largest absolute Gasteiger partial charge is 0.365 e. The van der Waals surface area contributed by atoms with Crippen LogP contribution >= 0.6 is 23.1 Å². The Morgan fingerprint density at radius 1 is 1.29 bits per heavy atom. The molecule has 1 aliphatic rings. The molecule has 2 aromatic heterocycles. The zero-order valence-corrected chi connectivity index (χ0v) is 18.6. The Hall–Kier alpha value is -1.80. The molecule has 0 aromatic carbocycles. The van der Waals surface area contributed by atoms with E-state index in [0.717, 1.165) is 54.3 Å². The summed E-state index contributed by atoms with van der Waals surface area (Å²) in [4.78, 5) is 30.3. The molecule has 2 amide bonds. The number of thioether (sulfide) groups is 1. The van der Waals surface area contributed by atoms with E-state index < -0.39 is 5.91 Å². The smallest absolute Gasteiger partial charge is 0.251 e. The maximum atomic E-state index is 12.6. The van der Waals surface area contributed by atoms with E-state index in [4.69, 9.17) is 5.73 Å². The molecule has 152 valence electrons. The minimum Gasteiger partial charge on any atom is -0.365 e. The number of fused-ring (bicyclic) bond motifs is 1. The van der Waals surface area contributed by atoms with E-state index in [1.54, 1.807) is 0 Å². The molecule has 0 atom stereocenters. The van der Waals surface area contributed by atoms with Gasteiger partial charge in [0, 0.05) is 17.1 Å². The number of amides is 2. The van der Waals surface area contributed by atoms with Gasteiger partial charge in [-0.15, -0.1) is 11.3 Å². The molecule has 0 unspecified atom stereocenters. The van der Waals surface area contributed by atoms with Gasteiger partial charge in [0.15, 0.2) is 5.16 Å². The van der Waals surface area contributed by atoms with Crippen LogP contribution in [0, 0.1) is 19.8 Å². The standard InChI is InChI=1S/C20H28N4O2S2/c1-11(2)9-24-13(4)12(3)22-20(24)27-10-16(25)23-19-17(18(21)26)14-7-5-6-8-15(14)28-19/h11H,5-10H2,1-4H3,(H2,21,26)(H,23,25). The molecule has 0 saturated carbocycles. The number of imidazole rings is 1. The minimum atomic E-state index is -0.457. The summed E-state index contributed by atoms with van der Waals surface area (Å²) in [6.07, 6.45) is 3.99. The minimum absolute atomic E-state index is 0.138. The highest BCUT2D eigenvalue weighted by Crippen LogP contribution is 2.38. The number of carbonyl (C=O) groups excluding carboxylic acids is 2. The lowest BCUT2D eigenvalue weighted by molar-refractivity contribution is -0.113. The van der Waals surface area contributed by atoms with Crippen LogP contribution in [-0.2, 0) is 24.2 Å². The van der Waals surface area contributed by atoms with Gasteiger partial charge in [-0.2, -0.15) is 0 Å². The second-order valence-electron chi connectivity index (χ2n) is 7.69. The quantitative estimate of drug-likeness (QED) is 0.664. The van der Waals surface area contributed by atoms with E-state index in [-0.39, 0.29) is 11.7 Å². The molecule has 0 aliphatic heterocycles. The first-order chi connectivity index (χ1) is 13.3. The number of carbonyl (C=O) groups is 2. The molecule has 2 heterocycles. The summed E-state index contributed by atoms with van der Waals surface area (Å²) in [6, 6.07) is 0. The SMILES string of the molecule is Cc1nc(SCC(=O)Nc2sc3c(c2C(N)=O)CCCC3)n(CC(C)C)c1C. The molecule has 3 rings (SSSR count). The van der Waals surface area contributed by atoms with Crippen LogP contribution in [0.25, 0.3) is 0 Å². The van der Waals surface area contributed by atoms with Gasteiger partial charge in [-0.3, -0.25) is 9.59 Å². The van der Waals surface area contributed by atoms with Crippen LogP contribution in [0.4, 0.5) is 5.00 Å². The Morgan fingerprint density at radius 3 is 2.68 bits per heavy atom. The third kappa shape index (κ3) is 4.43. The van der Waals surface area contributed by atoms with Crippen LogP contribution in [0.1, 0.15) is 58.9 Å². The predicted molar refractivity (Wildman–Crippen MR) is 115 cm³/mol. The molecule has 0 fully saturated rings. The zero-order valence-electron chi connectivity index (χ0n) is 16.9. The van der Waals surface area contributed by atoms with Crippen molar-refractivity contribution in [3.05, 3.63) is 27.4 Å². The molecule has 3 N–H and O–H groups in total. The number of nitrogens with one attached hydrogen (secondary N) is 1. The van der Waals surface area contributed by atoms with Gasteiger partial charge in [-0.05, 0) is 51.0 Å². The van der Waals surface area contributed by atoms with Gasteiger partial charge >= 0.3 is 0 Å². The number of thiophene rings is 1. The van der Waals surface area contributed by atoms with Gasteiger partial charge in [-0.25, -0.2) is 4.98 Å². The maximum Gasteiger partial charge on any atom is 0.251 e. The maximum absolute atomic E-state index is 12.6. The number of anilines is 1. The number of primary amides is 1. The summed E-state index contributed by atoms with van der Waals surface area (Å²) < 4.78 is 2.18. The first-order valence-electron chi connectivity index (χ1n) is 9.68. The fourth-order valence-corrected chi connectivity index (χ4v) is 5.73. The number of hydrogen-bond acceptors (Lipinski definition) is 5. The Balaban J connectivity index is 1.71. The van der Waals surface area contributed by atoms with Crippen molar-refractivity contribution in [2.75, 3.05) is 11.1 Å². The first kappa shape index (κ1) is 20.9. The van der Waals surface area contributed by atoms with Crippen molar-refractivity contribution in [1.82, 2.24) is 9.55 Å². The highest BCUT2D eigenvalue weighted by atomic mass is 32.2. The number of rotatable bonds is 7. The van der Waals surface area contributed by atoms with E-state index in [2.05, 4.69) is 35.6 Å². The van der Waals surface area contributed by atoms with Crippen molar-refractivity contribution in [3.8, 4) is 0 Å². The van der Waals surface area contributed by atoms with E-state index in [1.807, 2.05) is 6.92 Å². The Labute approximate surface area is 174 Å². The van der Waals surface area contributed by atoms with Crippen molar-refractivity contribution >= 4 is 39.9 Å². The van der Waals surface area contributed by atoms with Crippen LogP contribution in [0.15, 0.2) is 5.16 Å². The number of hydrogen-bond donors (Lipinski definition) is 2. The van der Waals surface area contributed by atoms with Gasteiger partial charge < -0.3 is 15.6 Å². The lowest BCUT2D eigenvalue weighted by Crippen LogP contribution is -2.19. The predicted octanol–water partition coefficient (Wildman–Crippen LogP) is 3.93. The van der Waals surface area contributed by atoms with Crippen molar-refractivity contribution in [2.24, 2.45) is 11.7 Å². The molecule has 0 saturated heterocycles. The summed E-state index contributed by atoms with van der Waals surface area (Å²) >= 11 is 2.92. The monoisotopic (exact) mass is 420 g/mol. The Bertz CT molecular complexity index is 899. The van der Waals surface area contributed by atoms with E-state index in [1.165, 1.54) is 28.0 Å². The van der Waals surface area contributed by atoms with Crippen LogP contribution in [0.2, 0.25) is 0 Å². The number of nitrogens with two attached hydrogens (primary N) is 1. The summed E-state index contributed by atoms with van der Waals surface area (Å²) in [6.45, 7) is 9.26. The third-order valence-electron chi connectivity index (χ3n) is 4.97. The topological polar surface area (TPSA) is 90.0 Å². The number of nitrogens with zero attached hydrogens (tertiary/aromatic N) is 2. The first-order valence-corrected chi connectivity index (χ1v) is 11.5. The van der Waals surface area contributed by atoms with Gasteiger partial charge in [0.1, 0.15) is 5.00 Å². The highest BCUT2D eigenvalue weighted by Gasteiger charge is 2.25. The molecule has 28 heavy (non-hydrogen) atoms. The van der Waals surface area contributed by atoms with Crippen LogP contribution in [-0.4, -0.2) is 27.1 Å². The van der Waals surface area contributed by atoms with Gasteiger partial charge in [-0.1, -0.05) is 25.6 Å². The molecule has 0 radical (unpaired) electrons. The van der Waals surface area contributed by atoms with E-state index in [9.17, 15) is 9.59 Å². The van der Waals surface area contributed by atoms with Crippen molar-refractivity contribution in [3.63, 3.8) is 0 Å². The van der Waals surface area contributed by atoms with E-state index in [0.29, 0.717) is 16.5 Å². The normalized spacial score (nSPS) is 13.6. The van der Waals surface area contributed by atoms with Crippen LogP contribution in [0.3, 0.4) is 0 Å². The molecule has 0 bridgehead atoms. The van der Waals surface area contributed by atoms with Gasteiger partial charge in [0.25, 0.3) is 5.91 Å². The number of aryl methyl sites for hydroxylation is 2. The second-order valence-corrected chi connectivity index (χ2v) is 9.73. The molecular weight excluding hydrogens is 392 g/mol. The molecule has 0 spiro atoms. The molecule has 8 heteroatoms. The van der Waals surface area contributed by atoms with Crippen molar-refractivity contribution in [2.45, 2.75) is 65.1 Å². The fraction of sp³-hybridized carbons (Fsp3) is 0.550. The van der Waals surface area contributed by atoms with Gasteiger partial charge in [0.2, 0.25) is 5.91 Å². The molecule has 2 aromatic rings. The Morgan fingerprint density at radius 2 is 2.00 bits per heavy atom. The number of aromatic nitrogens is 2. The molecule has 1 aliphatic carbocycles. The van der Waals surface area contributed by atoms with Crippen molar-refractivity contribution < 1.29 is 9.59 Å². The highest BCUT2D eigenvalue weighted by molar-refractivity contribution is 7.99. The average molecular weight is 421 g/mol. The van der Waals surface area contributed by atoms with E-state index >= 15 is 0 Å². The summed E-state index contributed by atoms with van der Waals surface area (Å²) in [5.41, 5.74) is 9.27. The summed E-state index contributed by atoms with van der Waals surface area (Å²) in [7, 11) is 0. The Kier molecular flexibility index (Phi) is 6.50. The van der Waals surface area contributed by atoms with Crippen LogP contribution < -0.4 is 11.1 Å². The lowest BCUT2D eigenvalue weighted by atomic mass is 9.95. The fourth-order valence-electron chi connectivity index (χ4n) is 3.52. The molecular formula is C20H28N4O2S2. The zero-order chi connectivity index (χ0) is 20.4. The lowest BCUT2D eigenvalue weighted by Gasteiger charge is -2.12. The summed E-state index contributed by atoms with van der Waals surface area (Å²) in [5, 5.41) is 4.38. The molecule has 6 nitrogen and oxygen atoms in total. The third-order valence-corrected chi connectivity index (χ3v) is 7.16. The van der Waals surface area contributed by atoms with Crippen LogP contribution in [0.5, 0.6) is 0 Å². The van der Waals surface area contributed by atoms with Crippen molar-refractivity contribution in [1.29, 1.82) is 0 Å². The average Bonchev–Trinajstić information content (AvgIpc) is 3.11.